The number of nitrogens with zero attached hydrogens (tertiary/aromatic N) is 1. The Kier molecular flexibility index (Phi) is 3.49. The third-order valence-corrected chi connectivity index (χ3v) is 8.92. The normalized spacial score (nSPS) is 51.9. The van der Waals surface area contributed by atoms with E-state index in [-0.39, 0.29) is 11.3 Å². The van der Waals surface area contributed by atoms with Gasteiger partial charge in [0.05, 0.1) is 12.2 Å². The minimum atomic E-state index is 0.169. The first-order chi connectivity index (χ1) is 11.9. The molecule has 0 aromatic carbocycles. The van der Waals surface area contributed by atoms with Gasteiger partial charge in [-0.05, 0) is 80.6 Å². The predicted octanol–water partition coefficient (Wildman–Crippen LogP) is 4.17. The summed E-state index contributed by atoms with van der Waals surface area (Å²) < 4.78 is 6.47. The highest BCUT2D eigenvalue weighted by atomic mass is 16.5. The van der Waals surface area contributed by atoms with Gasteiger partial charge in [-0.3, -0.25) is 4.79 Å². The number of ether oxygens (including phenoxy) is 1. The van der Waals surface area contributed by atoms with Crippen molar-refractivity contribution < 1.29 is 9.53 Å². The molecule has 1 amide bonds. The standard InChI is InChI=1S/C22H33NO2/c1-21-13-11-20(24)23(3)18(21)8-6-15-16-7-9-19(25-14-4-5-14)22(16,2)12-10-17(15)21/h11,13-19H,4-10,12H2,1-3H3/t15-,16-,17+,18?,19?,21+,22-/m0/s1. The average Bonchev–Trinajstić information content (AvgIpc) is 3.34. The van der Waals surface area contributed by atoms with Gasteiger partial charge in [0.15, 0.2) is 0 Å². The maximum absolute atomic E-state index is 12.2. The molecule has 0 N–H and O–H groups in total. The van der Waals surface area contributed by atoms with Crippen molar-refractivity contribution in [3.8, 4) is 0 Å². The van der Waals surface area contributed by atoms with Crippen molar-refractivity contribution in [2.45, 2.75) is 83.5 Å². The molecule has 0 saturated heterocycles. The van der Waals surface area contributed by atoms with E-state index in [1.165, 1.54) is 51.4 Å². The fourth-order valence-corrected chi connectivity index (χ4v) is 7.35. The Morgan fingerprint density at radius 3 is 2.60 bits per heavy atom. The number of carbonyl (C=O) groups excluding carboxylic acids is 1. The highest BCUT2D eigenvalue weighted by molar-refractivity contribution is 5.89. The molecular formula is C22H33NO2. The van der Waals surface area contributed by atoms with Gasteiger partial charge in [-0.2, -0.15) is 0 Å². The predicted molar refractivity (Wildman–Crippen MR) is 98.0 cm³/mol. The second-order valence-electron chi connectivity index (χ2n) is 10.1. The van der Waals surface area contributed by atoms with E-state index in [2.05, 4.69) is 19.9 Å². The Bertz CT molecular complexity index is 611. The van der Waals surface area contributed by atoms with Crippen molar-refractivity contribution in [3.05, 3.63) is 12.2 Å². The zero-order chi connectivity index (χ0) is 17.4. The summed E-state index contributed by atoms with van der Waals surface area (Å²) >= 11 is 0. The lowest BCUT2D eigenvalue weighted by Gasteiger charge is -2.60. The largest absolute Gasteiger partial charge is 0.374 e. The van der Waals surface area contributed by atoms with E-state index in [0.717, 1.165) is 17.8 Å². The summed E-state index contributed by atoms with van der Waals surface area (Å²) in [6, 6.07) is 0.399. The summed E-state index contributed by atoms with van der Waals surface area (Å²) in [6.45, 7) is 4.97. The van der Waals surface area contributed by atoms with E-state index in [9.17, 15) is 4.79 Å². The summed E-state index contributed by atoms with van der Waals surface area (Å²) in [5, 5.41) is 0. The Labute approximate surface area is 152 Å². The lowest BCUT2D eigenvalue weighted by Crippen LogP contribution is -2.59. The van der Waals surface area contributed by atoms with Gasteiger partial charge in [0.2, 0.25) is 5.91 Å². The lowest BCUT2D eigenvalue weighted by molar-refractivity contribution is -0.142. The molecule has 0 radical (unpaired) electrons. The van der Waals surface area contributed by atoms with E-state index in [1.807, 2.05) is 18.0 Å². The molecule has 0 aromatic rings. The summed E-state index contributed by atoms with van der Waals surface area (Å²) in [5.74, 6) is 2.57. The zero-order valence-electron chi connectivity index (χ0n) is 16.0. The maximum Gasteiger partial charge on any atom is 0.246 e. The molecule has 0 spiro atoms. The van der Waals surface area contributed by atoms with Gasteiger partial charge >= 0.3 is 0 Å². The van der Waals surface area contributed by atoms with E-state index in [4.69, 9.17) is 4.74 Å². The molecule has 5 aliphatic rings. The van der Waals surface area contributed by atoms with Gasteiger partial charge < -0.3 is 9.64 Å². The van der Waals surface area contributed by atoms with Crippen molar-refractivity contribution in [1.29, 1.82) is 0 Å². The van der Waals surface area contributed by atoms with Crippen LogP contribution in [0.5, 0.6) is 0 Å². The molecule has 3 nitrogen and oxygen atoms in total. The van der Waals surface area contributed by atoms with Crippen molar-refractivity contribution in [2.75, 3.05) is 7.05 Å². The van der Waals surface area contributed by atoms with Gasteiger partial charge in [-0.1, -0.05) is 19.9 Å². The van der Waals surface area contributed by atoms with E-state index in [1.54, 1.807) is 0 Å². The van der Waals surface area contributed by atoms with Crippen LogP contribution in [-0.2, 0) is 9.53 Å². The number of hydrogen-bond acceptors (Lipinski definition) is 2. The molecule has 4 saturated carbocycles. The minimum Gasteiger partial charge on any atom is -0.374 e. The Morgan fingerprint density at radius 1 is 1.04 bits per heavy atom. The average molecular weight is 344 g/mol. The van der Waals surface area contributed by atoms with Crippen LogP contribution in [0.1, 0.15) is 65.2 Å². The quantitative estimate of drug-likeness (QED) is 0.753. The molecule has 4 fully saturated rings. The first-order valence-electron chi connectivity index (χ1n) is 10.5. The molecule has 7 atom stereocenters. The maximum atomic E-state index is 12.2. The fourth-order valence-electron chi connectivity index (χ4n) is 7.35. The van der Waals surface area contributed by atoms with Crippen molar-refractivity contribution in [3.63, 3.8) is 0 Å². The van der Waals surface area contributed by atoms with E-state index >= 15 is 0 Å². The molecule has 25 heavy (non-hydrogen) atoms. The van der Waals surface area contributed by atoms with Crippen LogP contribution in [0.25, 0.3) is 0 Å². The van der Waals surface area contributed by atoms with Crippen LogP contribution >= 0.6 is 0 Å². The SMILES string of the molecule is CN1C(=O)C=C[C@@]2(C)C1CC[C@@H]1[C@H]2CC[C@]2(C)C(OC3CC3)CC[C@@H]12. The zero-order valence-corrected chi connectivity index (χ0v) is 16.0. The molecule has 4 aliphatic carbocycles. The smallest absolute Gasteiger partial charge is 0.246 e. The van der Waals surface area contributed by atoms with E-state index < -0.39 is 0 Å². The molecule has 2 unspecified atom stereocenters. The van der Waals surface area contributed by atoms with Gasteiger partial charge in [0.1, 0.15) is 0 Å². The van der Waals surface area contributed by atoms with Gasteiger partial charge in [0.25, 0.3) is 0 Å². The molecule has 0 aromatic heterocycles. The van der Waals surface area contributed by atoms with Crippen LogP contribution in [0.4, 0.5) is 0 Å². The van der Waals surface area contributed by atoms with Crippen molar-refractivity contribution >= 4 is 5.91 Å². The minimum absolute atomic E-state index is 0.169. The number of fused-ring (bicyclic) bond motifs is 5. The lowest BCUT2D eigenvalue weighted by atomic mass is 9.48. The van der Waals surface area contributed by atoms with Gasteiger partial charge in [-0.15, -0.1) is 0 Å². The van der Waals surface area contributed by atoms with Crippen LogP contribution in [0.15, 0.2) is 12.2 Å². The van der Waals surface area contributed by atoms with Crippen LogP contribution in [0, 0.1) is 28.6 Å². The highest BCUT2D eigenvalue weighted by Crippen LogP contribution is 2.64. The highest BCUT2D eigenvalue weighted by Gasteiger charge is 2.61. The van der Waals surface area contributed by atoms with E-state index in [0.29, 0.717) is 23.7 Å². The number of amides is 1. The molecule has 3 heteroatoms. The van der Waals surface area contributed by atoms with Crippen molar-refractivity contribution in [1.82, 2.24) is 4.90 Å². The molecule has 138 valence electrons. The van der Waals surface area contributed by atoms with Crippen LogP contribution < -0.4 is 0 Å². The fraction of sp³-hybridized carbons (Fsp3) is 0.864. The molecular weight excluding hydrogens is 310 g/mol. The third kappa shape index (κ3) is 2.23. The first-order valence-corrected chi connectivity index (χ1v) is 10.5. The summed E-state index contributed by atoms with van der Waals surface area (Å²) in [6.07, 6.45) is 15.5. The van der Waals surface area contributed by atoms with Crippen LogP contribution in [0.2, 0.25) is 0 Å². The Balaban J connectivity index is 1.43. The number of likely N-dealkylation sites (N-methyl/N-ethyl adjacent to an activating group) is 1. The summed E-state index contributed by atoms with van der Waals surface area (Å²) in [5.41, 5.74) is 0.565. The first kappa shape index (κ1) is 16.4. The van der Waals surface area contributed by atoms with Crippen LogP contribution in [0.3, 0.4) is 0 Å². The summed E-state index contributed by atoms with van der Waals surface area (Å²) in [7, 11) is 2.01. The monoisotopic (exact) mass is 343 g/mol. The molecule has 5 rings (SSSR count). The Hall–Kier alpha value is -0.830. The number of rotatable bonds is 2. The van der Waals surface area contributed by atoms with Crippen molar-refractivity contribution in [2.24, 2.45) is 28.6 Å². The van der Waals surface area contributed by atoms with Gasteiger partial charge in [0, 0.05) is 18.5 Å². The molecule has 0 bridgehead atoms. The summed E-state index contributed by atoms with van der Waals surface area (Å²) in [4.78, 5) is 14.2. The number of hydrogen-bond donors (Lipinski definition) is 0. The molecule has 1 heterocycles. The van der Waals surface area contributed by atoms with Gasteiger partial charge in [-0.25, -0.2) is 0 Å². The molecule has 1 aliphatic heterocycles. The second-order valence-corrected chi connectivity index (χ2v) is 10.1. The topological polar surface area (TPSA) is 29.5 Å². The van der Waals surface area contributed by atoms with Crippen LogP contribution in [-0.4, -0.2) is 36.1 Å². The Morgan fingerprint density at radius 2 is 1.84 bits per heavy atom. The second kappa shape index (κ2) is 5.34. The third-order valence-electron chi connectivity index (χ3n) is 8.92. The number of carbonyl (C=O) groups is 1.